The van der Waals surface area contributed by atoms with Crippen LogP contribution in [0.25, 0.3) is 0 Å². The lowest BCUT2D eigenvalue weighted by atomic mass is 9.96. The molecule has 19 heavy (non-hydrogen) atoms. The Morgan fingerprint density at radius 3 is 2.68 bits per heavy atom. The van der Waals surface area contributed by atoms with Gasteiger partial charge in [-0.15, -0.1) is 0 Å². The first kappa shape index (κ1) is 11.8. The summed E-state index contributed by atoms with van der Waals surface area (Å²) in [5, 5.41) is 0. The molecule has 96 valence electrons. The predicted molar refractivity (Wildman–Crippen MR) is 71.9 cm³/mol. The molecule has 0 bridgehead atoms. The second-order valence-electron chi connectivity index (χ2n) is 4.65. The van der Waals surface area contributed by atoms with Crippen LogP contribution in [-0.2, 0) is 0 Å². The molecule has 0 saturated heterocycles. The molecular formula is C16H14O3. The molecule has 1 aliphatic rings. The second-order valence-corrected chi connectivity index (χ2v) is 4.65. The van der Waals surface area contributed by atoms with E-state index in [9.17, 15) is 4.79 Å². The van der Waals surface area contributed by atoms with Gasteiger partial charge >= 0.3 is 0 Å². The molecule has 1 aliphatic heterocycles. The molecule has 0 saturated carbocycles. The van der Waals surface area contributed by atoms with Gasteiger partial charge in [-0.1, -0.05) is 25.1 Å². The molecule has 1 heterocycles. The van der Waals surface area contributed by atoms with Gasteiger partial charge in [0.05, 0.1) is 18.1 Å². The maximum Gasteiger partial charge on any atom is 0.172 e. The third-order valence-corrected chi connectivity index (χ3v) is 3.13. The molecule has 0 aliphatic carbocycles. The zero-order chi connectivity index (χ0) is 13.2. The third kappa shape index (κ3) is 2.32. The van der Waals surface area contributed by atoms with Crippen LogP contribution >= 0.6 is 0 Å². The fraction of sp³-hybridized carbons (Fsp3) is 0.188. The molecular weight excluding hydrogens is 240 g/mol. The van der Waals surface area contributed by atoms with Gasteiger partial charge in [-0.2, -0.15) is 0 Å². The Kier molecular flexibility index (Phi) is 2.95. The highest BCUT2D eigenvalue weighted by molar-refractivity contribution is 6.01. The largest absolute Gasteiger partial charge is 0.492 e. The van der Waals surface area contributed by atoms with Crippen LogP contribution in [0.2, 0.25) is 0 Å². The first-order chi connectivity index (χ1) is 9.24. The van der Waals surface area contributed by atoms with E-state index in [1.54, 1.807) is 12.1 Å². The minimum Gasteiger partial charge on any atom is -0.492 e. The van der Waals surface area contributed by atoms with Gasteiger partial charge in [-0.05, 0) is 30.3 Å². The molecule has 0 spiro atoms. The van der Waals surface area contributed by atoms with Gasteiger partial charge in [-0.25, -0.2) is 0 Å². The quantitative estimate of drug-likeness (QED) is 0.819. The molecule has 0 radical (unpaired) electrons. The fourth-order valence-corrected chi connectivity index (χ4v) is 2.07. The summed E-state index contributed by atoms with van der Waals surface area (Å²) in [7, 11) is 0. The lowest BCUT2D eigenvalue weighted by Crippen LogP contribution is -2.25. The van der Waals surface area contributed by atoms with E-state index in [-0.39, 0.29) is 11.7 Å². The summed E-state index contributed by atoms with van der Waals surface area (Å²) in [5.74, 6) is 2.05. The highest BCUT2D eigenvalue weighted by atomic mass is 16.5. The molecule has 1 unspecified atom stereocenters. The summed E-state index contributed by atoms with van der Waals surface area (Å²) in [6.45, 7) is 2.32. The number of para-hydroxylation sites is 1. The Morgan fingerprint density at radius 2 is 1.89 bits per heavy atom. The van der Waals surface area contributed by atoms with E-state index in [0.29, 0.717) is 23.7 Å². The van der Waals surface area contributed by atoms with Crippen molar-refractivity contribution < 1.29 is 14.3 Å². The Labute approximate surface area is 111 Å². The lowest BCUT2D eigenvalue weighted by Gasteiger charge is -2.21. The maximum absolute atomic E-state index is 12.1. The van der Waals surface area contributed by atoms with Gasteiger partial charge in [0.2, 0.25) is 0 Å². The van der Waals surface area contributed by atoms with E-state index in [1.165, 1.54) is 0 Å². The van der Waals surface area contributed by atoms with E-state index < -0.39 is 0 Å². The number of ether oxygens (including phenoxy) is 2. The monoisotopic (exact) mass is 254 g/mol. The number of carbonyl (C=O) groups is 1. The summed E-state index contributed by atoms with van der Waals surface area (Å²) in [6.07, 6.45) is 0. The van der Waals surface area contributed by atoms with E-state index in [4.69, 9.17) is 9.47 Å². The van der Waals surface area contributed by atoms with Crippen molar-refractivity contribution in [2.75, 3.05) is 6.61 Å². The standard InChI is InChI=1S/C16H14O3/c1-11-10-18-15-8-7-13(9-14(15)16(11)17)19-12-5-3-2-4-6-12/h2-9,11H,10H2,1H3. The Hall–Kier alpha value is -2.29. The topological polar surface area (TPSA) is 35.5 Å². The minimum absolute atomic E-state index is 0.0977. The van der Waals surface area contributed by atoms with Crippen LogP contribution in [0.1, 0.15) is 17.3 Å². The van der Waals surface area contributed by atoms with E-state index >= 15 is 0 Å². The van der Waals surface area contributed by atoms with E-state index in [2.05, 4.69) is 0 Å². The molecule has 0 amide bonds. The first-order valence-corrected chi connectivity index (χ1v) is 6.28. The molecule has 2 aromatic carbocycles. The number of Topliss-reactive ketones (excluding diaryl/α,β-unsaturated/α-hetero) is 1. The Morgan fingerprint density at radius 1 is 1.11 bits per heavy atom. The van der Waals surface area contributed by atoms with Crippen LogP contribution < -0.4 is 9.47 Å². The molecule has 0 N–H and O–H groups in total. The number of ketones is 1. The molecule has 0 fully saturated rings. The number of carbonyl (C=O) groups excluding carboxylic acids is 1. The van der Waals surface area contributed by atoms with Crippen LogP contribution in [-0.4, -0.2) is 12.4 Å². The molecule has 0 aromatic heterocycles. The summed E-state index contributed by atoms with van der Waals surface area (Å²) in [4.78, 5) is 12.1. The van der Waals surface area contributed by atoms with E-state index in [1.807, 2.05) is 43.3 Å². The highest BCUT2D eigenvalue weighted by Gasteiger charge is 2.25. The molecule has 3 nitrogen and oxygen atoms in total. The van der Waals surface area contributed by atoms with Crippen LogP contribution in [0.3, 0.4) is 0 Å². The highest BCUT2D eigenvalue weighted by Crippen LogP contribution is 2.32. The van der Waals surface area contributed by atoms with Crippen molar-refractivity contribution in [2.45, 2.75) is 6.92 Å². The predicted octanol–water partition coefficient (Wildman–Crippen LogP) is 3.69. The van der Waals surface area contributed by atoms with Crippen LogP contribution in [0, 0.1) is 5.92 Å². The summed E-state index contributed by atoms with van der Waals surface area (Å²) < 4.78 is 11.3. The van der Waals surface area contributed by atoms with Crippen molar-refractivity contribution in [1.29, 1.82) is 0 Å². The van der Waals surface area contributed by atoms with Crippen molar-refractivity contribution in [2.24, 2.45) is 5.92 Å². The van der Waals surface area contributed by atoms with Crippen molar-refractivity contribution in [1.82, 2.24) is 0 Å². The van der Waals surface area contributed by atoms with Crippen molar-refractivity contribution in [3.63, 3.8) is 0 Å². The average molecular weight is 254 g/mol. The summed E-state index contributed by atoms with van der Waals surface area (Å²) >= 11 is 0. The normalized spacial score (nSPS) is 17.5. The van der Waals surface area contributed by atoms with Gasteiger partial charge in [0.1, 0.15) is 17.2 Å². The zero-order valence-corrected chi connectivity index (χ0v) is 10.6. The SMILES string of the molecule is CC1COc2ccc(Oc3ccccc3)cc2C1=O. The third-order valence-electron chi connectivity index (χ3n) is 3.13. The van der Waals surface area contributed by atoms with Gasteiger partial charge in [0.15, 0.2) is 5.78 Å². The maximum atomic E-state index is 12.1. The smallest absolute Gasteiger partial charge is 0.172 e. The summed E-state index contributed by atoms with van der Waals surface area (Å²) in [6, 6.07) is 14.8. The molecule has 3 heteroatoms. The number of hydrogen-bond donors (Lipinski definition) is 0. The van der Waals surface area contributed by atoms with Gasteiger partial charge in [0.25, 0.3) is 0 Å². The van der Waals surface area contributed by atoms with Gasteiger partial charge in [-0.3, -0.25) is 4.79 Å². The minimum atomic E-state index is -0.0977. The molecule has 3 rings (SSSR count). The van der Waals surface area contributed by atoms with E-state index in [0.717, 1.165) is 5.75 Å². The van der Waals surface area contributed by atoms with Crippen LogP contribution in [0.15, 0.2) is 48.5 Å². The van der Waals surface area contributed by atoms with Gasteiger partial charge < -0.3 is 9.47 Å². The Balaban J connectivity index is 1.91. The van der Waals surface area contributed by atoms with Gasteiger partial charge in [0, 0.05) is 0 Å². The number of hydrogen-bond acceptors (Lipinski definition) is 3. The first-order valence-electron chi connectivity index (χ1n) is 6.28. The number of benzene rings is 2. The molecule has 1 atom stereocenters. The van der Waals surface area contributed by atoms with Crippen molar-refractivity contribution in [3.8, 4) is 17.2 Å². The van der Waals surface area contributed by atoms with Crippen LogP contribution in [0.5, 0.6) is 17.2 Å². The number of fused-ring (bicyclic) bond motifs is 1. The van der Waals surface area contributed by atoms with Crippen LogP contribution in [0.4, 0.5) is 0 Å². The fourth-order valence-electron chi connectivity index (χ4n) is 2.07. The Bertz CT molecular complexity index is 605. The van der Waals surface area contributed by atoms with Crippen molar-refractivity contribution in [3.05, 3.63) is 54.1 Å². The molecule has 2 aromatic rings. The lowest BCUT2D eigenvalue weighted by molar-refractivity contribution is 0.0848. The van der Waals surface area contributed by atoms with Crippen molar-refractivity contribution >= 4 is 5.78 Å². The summed E-state index contributed by atoms with van der Waals surface area (Å²) in [5.41, 5.74) is 0.604. The zero-order valence-electron chi connectivity index (χ0n) is 10.6. The average Bonchev–Trinajstić information content (AvgIpc) is 2.45. The number of rotatable bonds is 2. The second kappa shape index (κ2) is 4.76.